The Morgan fingerprint density at radius 2 is 2.24 bits per heavy atom. The van der Waals surface area contributed by atoms with Crippen molar-refractivity contribution in [2.45, 2.75) is 57.2 Å². The number of carbonyl (C=O) groups is 1. The number of carbonyl (C=O) groups excluding carboxylic acids is 1. The van der Waals surface area contributed by atoms with Crippen LogP contribution in [0.2, 0.25) is 0 Å². The molecule has 1 aliphatic carbocycles. The molecule has 2 N–H and O–H groups in total. The molecule has 1 heterocycles. The molecule has 1 aromatic heterocycles. The Kier molecular flexibility index (Phi) is 6.53. The van der Waals surface area contributed by atoms with Crippen molar-refractivity contribution in [3.63, 3.8) is 0 Å². The van der Waals surface area contributed by atoms with E-state index in [9.17, 15) is 4.79 Å². The average Bonchev–Trinajstić information content (AvgIpc) is 3.01. The number of aromatic nitrogens is 2. The lowest BCUT2D eigenvalue weighted by atomic mass is 9.92. The van der Waals surface area contributed by atoms with Gasteiger partial charge in [0.25, 0.3) is 0 Å². The highest BCUT2D eigenvalue weighted by atomic mass is 16.5. The fourth-order valence-corrected chi connectivity index (χ4v) is 2.80. The van der Waals surface area contributed by atoms with E-state index in [-0.39, 0.29) is 18.2 Å². The predicted molar refractivity (Wildman–Crippen MR) is 81.0 cm³/mol. The van der Waals surface area contributed by atoms with Crippen LogP contribution in [-0.2, 0) is 11.3 Å². The second-order valence-electron chi connectivity index (χ2n) is 5.57. The van der Waals surface area contributed by atoms with Crippen LogP contribution in [0, 0.1) is 0 Å². The third-order valence-electron chi connectivity index (χ3n) is 4.01. The standard InChI is InChI=1S/C15H26N4O2/c1-21-14-7-3-2-6-13(14)18-15(20)17-8-4-5-10-19-11-9-16-12-19/h9,11-14H,2-8,10H2,1H3,(H2,17,18,20). The largest absolute Gasteiger partial charge is 0.379 e. The molecule has 1 fully saturated rings. The lowest BCUT2D eigenvalue weighted by Crippen LogP contribution is -2.49. The number of nitrogens with one attached hydrogen (secondary N) is 2. The number of hydrogen-bond donors (Lipinski definition) is 2. The monoisotopic (exact) mass is 294 g/mol. The van der Waals surface area contributed by atoms with Gasteiger partial charge in [-0.2, -0.15) is 0 Å². The van der Waals surface area contributed by atoms with Crippen molar-refractivity contribution in [3.05, 3.63) is 18.7 Å². The summed E-state index contributed by atoms with van der Waals surface area (Å²) in [6.07, 6.45) is 12.1. The number of urea groups is 1. The fourth-order valence-electron chi connectivity index (χ4n) is 2.80. The van der Waals surface area contributed by atoms with E-state index in [1.165, 1.54) is 6.42 Å². The fraction of sp³-hybridized carbons (Fsp3) is 0.733. The number of aryl methyl sites for hydroxylation is 1. The summed E-state index contributed by atoms with van der Waals surface area (Å²) < 4.78 is 7.48. The maximum Gasteiger partial charge on any atom is 0.315 e. The Hall–Kier alpha value is -1.56. The molecule has 1 aromatic rings. The van der Waals surface area contributed by atoms with Gasteiger partial charge in [0.05, 0.1) is 18.5 Å². The van der Waals surface area contributed by atoms with E-state index in [0.29, 0.717) is 6.54 Å². The van der Waals surface area contributed by atoms with Crippen LogP contribution < -0.4 is 10.6 Å². The summed E-state index contributed by atoms with van der Waals surface area (Å²) in [5.74, 6) is 0. The molecule has 0 radical (unpaired) electrons. The van der Waals surface area contributed by atoms with Crippen LogP contribution in [0.4, 0.5) is 4.79 Å². The van der Waals surface area contributed by atoms with Gasteiger partial charge in [-0.3, -0.25) is 0 Å². The second-order valence-corrected chi connectivity index (χ2v) is 5.57. The van der Waals surface area contributed by atoms with Gasteiger partial charge in [-0.15, -0.1) is 0 Å². The molecule has 1 aliphatic rings. The first-order valence-electron chi connectivity index (χ1n) is 7.82. The molecule has 2 unspecified atom stereocenters. The minimum absolute atomic E-state index is 0.0772. The molecule has 6 nitrogen and oxygen atoms in total. The third kappa shape index (κ3) is 5.38. The lowest BCUT2D eigenvalue weighted by molar-refractivity contribution is 0.0452. The molecule has 2 rings (SSSR count). The van der Waals surface area contributed by atoms with E-state index in [2.05, 4.69) is 15.6 Å². The number of nitrogens with zero attached hydrogens (tertiary/aromatic N) is 2. The summed E-state index contributed by atoms with van der Waals surface area (Å²) in [6.45, 7) is 1.64. The Bertz CT molecular complexity index is 408. The highest BCUT2D eigenvalue weighted by molar-refractivity contribution is 5.74. The molecule has 0 spiro atoms. The second kappa shape index (κ2) is 8.67. The van der Waals surface area contributed by atoms with Crippen molar-refractivity contribution < 1.29 is 9.53 Å². The van der Waals surface area contributed by atoms with Crippen molar-refractivity contribution in [2.24, 2.45) is 0 Å². The molecule has 0 bridgehead atoms. The summed E-state index contributed by atoms with van der Waals surface area (Å²) in [7, 11) is 1.72. The van der Waals surface area contributed by atoms with Gasteiger partial charge >= 0.3 is 6.03 Å². The van der Waals surface area contributed by atoms with Gasteiger partial charge in [-0.1, -0.05) is 12.8 Å². The Labute approximate surface area is 126 Å². The summed E-state index contributed by atoms with van der Waals surface area (Å²) in [5, 5.41) is 5.96. The van der Waals surface area contributed by atoms with Crippen LogP contribution >= 0.6 is 0 Å². The van der Waals surface area contributed by atoms with Crippen molar-refractivity contribution in [3.8, 4) is 0 Å². The number of methoxy groups -OCH3 is 1. The van der Waals surface area contributed by atoms with E-state index in [1.807, 2.05) is 17.1 Å². The molecule has 2 atom stereocenters. The molecular weight excluding hydrogens is 268 g/mol. The number of imidazole rings is 1. The first kappa shape index (κ1) is 15.8. The van der Waals surface area contributed by atoms with Crippen molar-refractivity contribution in [1.29, 1.82) is 0 Å². The van der Waals surface area contributed by atoms with Gasteiger partial charge in [0, 0.05) is 32.6 Å². The molecule has 21 heavy (non-hydrogen) atoms. The van der Waals surface area contributed by atoms with Gasteiger partial charge in [0.1, 0.15) is 0 Å². The van der Waals surface area contributed by atoms with E-state index in [1.54, 1.807) is 13.3 Å². The van der Waals surface area contributed by atoms with Crippen LogP contribution in [0.1, 0.15) is 38.5 Å². The molecule has 2 amide bonds. The number of ether oxygens (including phenoxy) is 1. The molecule has 0 aliphatic heterocycles. The van der Waals surface area contributed by atoms with Gasteiger partial charge in [0.2, 0.25) is 0 Å². The lowest BCUT2D eigenvalue weighted by Gasteiger charge is -2.31. The van der Waals surface area contributed by atoms with E-state index in [0.717, 1.165) is 38.6 Å². The SMILES string of the molecule is COC1CCCCC1NC(=O)NCCCCn1ccnc1. The maximum atomic E-state index is 11.9. The van der Waals surface area contributed by atoms with E-state index in [4.69, 9.17) is 4.74 Å². The van der Waals surface area contributed by atoms with Crippen LogP contribution in [0.5, 0.6) is 0 Å². The molecule has 118 valence electrons. The summed E-state index contributed by atoms with van der Waals surface area (Å²) >= 11 is 0. The Morgan fingerprint density at radius 1 is 1.38 bits per heavy atom. The topological polar surface area (TPSA) is 68.2 Å². The highest BCUT2D eigenvalue weighted by Crippen LogP contribution is 2.20. The minimum Gasteiger partial charge on any atom is -0.379 e. The summed E-state index contributed by atoms with van der Waals surface area (Å²) in [4.78, 5) is 15.9. The number of unbranched alkanes of at least 4 members (excludes halogenated alkanes) is 1. The smallest absolute Gasteiger partial charge is 0.315 e. The van der Waals surface area contributed by atoms with Crippen molar-refractivity contribution >= 4 is 6.03 Å². The predicted octanol–water partition coefficient (Wildman–Crippen LogP) is 1.92. The first-order chi connectivity index (χ1) is 10.3. The quantitative estimate of drug-likeness (QED) is 0.755. The molecule has 0 aromatic carbocycles. The van der Waals surface area contributed by atoms with E-state index >= 15 is 0 Å². The molecule has 1 saturated carbocycles. The van der Waals surface area contributed by atoms with Crippen molar-refractivity contribution in [1.82, 2.24) is 20.2 Å². The molecule has 6 heteroatoms. The zero-order valence-corrected chi connectivity index (χ0v) is 12.8. The first-order valence-corrected chi connectivity index (χ1v) is 7.82. The highest BCUT2D eigenvalue weighted by Gasteiger charge is 2.25. The number of rotatable bonds is 7. The van der Waals surface area contributed by atoms with Gasteiger partial charge < -0.3 is 19.9 Å². The van der Waals surface area contributed by atoms with Crippen LogP contribution in [-0.4, -0.2) is 41.4 Å². The normalized spacial score (nSPS) is 22.0. The zero-order valence-electron chi connectivity index (χ0n) is 12.8. The van der Waals surface area contributed by atoms with Gasteiger partial charge in [0.15, 0.2) is 0 Å². The molecule has 0 saturated heterocycles. The number of amides is 2. The summed E-state index contributed by atoms with van der Waals surface area (Å²) in [5.41, 5.74) is 0. The van der Waals surface area contributed by atoms with Crippen molar-refractivity contribution in [2.75, 3.05) is 13.7 Å². The van der Waals surface area contributed by atoms with Gasteiger partial charge in [-0.25, -0.2) is 9.78 Å². The maximum absolute atomic E-state index is 11.9. The molecular formula is C15H26N4O2. The Morgan fingerprint density at radius 3 is 3.00 bits per heavy atom. The number of hydrogen-bond acceptors (Lipinski definition) is 3. The Balaban J connectivity index is 1.56. The van der Waals surface area contributed by atoms with Crippen LogP contribution in [0.25, 0.3) is 0 Å². The minimum atomic E-state index is -0.0772. The average molecular weight is 294 g/mol. The van der Waals surface area contributed by atoms with E-state index < -0.39 is 0 Å². The van der Waals surface area contributed by atoms with Crippen LogP contribution in [0.3, 0.4) is 0 Å². The van der Waals surface area contributed by atoms with Gasteiger partial charge in [-0.05, 0) is 25.7 Å². The zero-order chi connectivity index (χ0) is 14.9. The summed E-state index contributed by atoms with van der Waals surface area (Å²) in [6, 6.07) is 0.0706. The third-order valence-corrected chi connectivity index (χ3v) is 4.01. The van der Waals surface area contributed by atoms with Crippen LogP contribution in [0.15, 0.2) is 18.7 Å².